The van der Waals surface area contributed by atoms with E-state index in [9.17, 15) is 4.79 Å². The van der Waals surface area contributed by atoms with Crippen LogP contribution >= 0.6 is 0 Å². The van der Waals surface area contributed by atoms with Crippen LogP contribution in [0.3, 0.4) is 0 Å². The summed E-state index contributed by atoms with van der Waals surface area (Å²) >= 11 is 0. The minimum Gasteiger partial charge on any atom is -0.302 e. The average molecular weight is 268 g/mol. The lowest BCUT2D eigenvalue weighted by molar-refractivity contribution is 0.0972. The van der Waals surface area contributed by atoms with Gasteiger partial charge in [-0.3, -0.25) is 9.89 Å². The summed E-state index contributed by atoms with van der Waals surface area (Å²) in [6.07, 6.45) is 3.18. The number of rotatable bonds is 2. The Balaban J connectivity index is 1.67. The monoisotopic (exact) mass is 268 g/mol. The van der Waals surface area contributed by atoms with Crippen molar-refractivity contribution >= 4 is 11.6 Å². The fourth-order valence-corrected chi connectivity index (χ4v) is 2.89. The molecule has 2 heterocycles. The van der Waals surface area contributed by atoms with E-state index < -0.39 is 0 Å². The Morgan fingerprint density at radius 1 is 1.35 bits per heavy atom. The second-order valence-corrected chi connectivity index (χ2v) is 5.68. The Labute approximate surface area is 117 Å². The van der Waals surface area contributed by atoms with Gasteiger partial charge in [0.25, 0.3) is 5.91 Å². The molecule has 1 N–H and O–H groups in total. The smallest absolute Gasteiger partial charge is 0.298 e. The second kappa shape index (κ2) is 4.16. The van der Waals surface area contributed by atoms with Crippen LogP contribution in [0.15, 0.2) is 24.3 Å². The maximum Gasteiger partial charge on any atom is 0.298 e. The highest BCUT2D eigenvalue weighted by Gasteiger charge is 2.34. The average Bonchev–Trinajstić information content (AvgIpc) is 3.08. The lowest BCUT2D eigenvalue weighted by atomic mass is 10.1. The number of amides is 1. The van der Waals surface area contributed by atoms with Gasteiger partial charge in [0.1, 0.15) is 5.82 Å². The summed E-state index contributed by atoms with van der Waals surface area (Å²) in [5, 5.41) is 7.00. The number of anilines is 1. The molecular formula is C15H16N4O. The van der Waals surface area contributed by atoms with E-state index in [0.717, 1.165) is 30.8 Å². The number of nitrogens with zero attached hydrogens (tertiary/aromatic N) is 3. The fourth-order valence-electron chi connectivity index (χ4n) is 2.89. The summed E-state index contributed by atoms with van der Waals surface area (Å²) in [4.78, 5) is 18.8. The molecule has 2 aromatic rings. The van der Waals surface area contributed by atoms with E-state index in [-0.39, 0.29) is 17.8 Å². The number of H-pyrrole nitrogens is 1. The number of hydrogen-bond acceptors (Lipinski definition) is 3. The predicted molar refractivity (Wildman–Crippen MR) is 74.8 cm³/mol. The lowest BCUT2D eigenvalue weighted by Crippen LogP contribution is -2.36. The first-order chi connectivity index (χ1) is 9.74. The molecule has 0 spiro atoms. The maximum absolute atomic E-state index is 12.7. The van der Waals surface area contributed by atoms with E-state index in [0.29, 0.717) is 5.92 Å². The van der Waals surface area contributed by atoms with Gasteiger partial charge >= 0.3 is 0 Å². The van der Waals surface area contributed by atoms with Crippen LogP contribution in [0.1, 0.15) is 47.7 Å². The molecule has 1 aromatic carbocycles. The van der Waals surface area contributed by atoms with Gasteiger partial charge in [0.05, 0.1) is 0 Å². The number of para-hydroxylation sites is 1. The molecule has 0 bridgehead atoms. The summed E-state index contributed by atoms with van der Waals surface area (Å²) in [5.74, 6) is 1.52. The first-order valence-corrected chi connectivity index (χ1v) is 7.08. The van der Waals surface area contributed by atoms with Gasteiger partial charge in [-0.05, 0) is 37.8 Å². The van der Waals surface area contributed by atoms with Gasteiger partial charge in [0.15, 0.2) is 0 Å². The molecule has 0 radical (unpaired) electrons. The minimum absolute atomic E-state index is 0.106. The largest absolute Gasteiger partial charge is 0.302 e. The van der Waals surface area contributed by atoms with Crippen molar-refractivity contribution in [3.8, 4) is 0 Å². The van der Waals surface area contributed by atoms with Gasteiger partial charge in [-0.1, -0.05) is 18.2 Å². The van der Waals surface area contributed by atoms with E-state index >= 15 is 0 Å². The van der Waals surface area contributed by atoms with Crippen LogP contribution in [-0.4, -0.2) is 27.1 Å². The third-order valence-electron chi connectivity index (χ3n) is 4.08. The molecule has 1 atom stereocenters. The van der Waals surface area contributed by atoms with Crippen molar-refractivity contribution in [2.24, 2.45) is 0 Å². The molecule has 20 heavy (non-hydrogen) atoms. The van der Waals surface area contributed by atoms with E-state index in [1.54, 1.807) is 0 Å². The van der Waals surface area contributed by atoms with Crippen molar-refractivity contribution in [3.05, 3.63) is 41.5 Å². The highest BCUT2D eigenvalue weighted by Crippen LogP contribution is 2.38. The molecule has 0 saturated heterocycles. The van der Waals surface area contributed by atoms with Crippen molar-refractivity contribution in [2.75, 3.05) is 4.90 Å². The molecule has 1 fully saturated rings. The van der Waals surface area contributed by atoms with Crippen LogP contribution < -0.4 is 4.90 Å². The summed E-state index contributed by atoms with van der Waals surface area (Å²) in [6, 6.07) is 8.20. The van der Waals surface area contributed by atoms with E-state index in [2.05, 4.69) is 28.2 Å². The first kappa shape index (κ1) is 11.6. The van der Waals surface area contributed by atoms with Crippen LogP contribution in [0.2, 0.25) is 0 Å². The Kier molecular flexibility index (Phi) is 2.42. The lowest BCUT2D eigenvalue weighted by Gasteiger charge is -2.20. The molecule has 0 unspecified atom stereocenters. The van der Waals surface area contributed by atoms with Gasteiger partial charge in [-0.25, -0.2) is 4.98 Å². The van der Waals surface area contributed by atoms with Crippen molar-refractivity contribution in [3.63, 3.8) is 0 Å². The van der Waals surface area contributed by atoms with E-state index in [1.807, 2.05) is 23.1 Å². The normalized spacial score (nSPS) is 21.1. The molecule has 2 aliphatic rings. The molecule has 1 aliphatic heterocycles. The summed E-state index contributed by atoms with van der Waals surface area (Å²) < 4.78 is 0. The summed E-state index contributed by atoms with van der Waals surface area (Å²) in [5.41, 5.74) is 2.20. The van der Waals surface area contributed by atoms with E-state index in [1.165, 1.54) is 5.56 Å². The fraction of sp³-hybridized carbons (Fsp3) is 0.400. The number of carbonyl (C=O) groups is 1. The Morgan fingerprint density at radius 2 is 2.15 bits per heavy atom. The maximum atomic E-state index is 12.7. The molecule has 5 heteroatoms. The summed E-state index contributed by atoms with van der Waals surface area (Å²) in [7, 11) is 0. The van der Waals surface area contributed by atoms with Gasteiger partial charge in [-0.2, -0.15) is 0 Å². The third kappa shape index (κ3) is 1.73. The minimum atomic E-state index is -0.106. The highest BCUT2D eigenvalue weighted by atomic mass is 16.2. The van der Waals surface area contributed by atoms with Crippen molar-refractivity contribution in [1.29, 1.82) is 0 Å². The molecule has 1 saturated carbocycles. The topological polar surface area (TPSA) is 61.9 Å². The predicted octanol–water partition coefficient (Wildman–Crippen LogP) is 2.27. The molecule has 1 aromatic heterocycles. The molecule has 102 valence electrons. The van der Waals surface area contributed by atoms with Crippen LogP contribution in [-0.2, 0) is 6.42 Å². The number of carbonyl (C=O) groups excluding carboxylic acids is 1. The zero-order valence-electron chi connectivity index (χ0n) is 11.3. The quantitative estimate of drug-likeness (QED) is 0.908. The van der Waals surface area contributed by atoms with Gasteiger partial charge in [0.2, 0.25) is 5.82 Å². The molecular weight excluding hydrogens is 252 g/mol. The summed E-state index contributed by atoms with van der Waals surface area (Å²) in [6.45, 7) is 2.06. The Bertz CT molecular complexity index is 674. The Morgan fingerprint density at radius 3 is 2.95 bits per heavy atom. The Hall–Kier alpha value is -2.17. The first-order valence-electron chi connectivity index (χ1n) is 7.08. The number of hydrogen-bond donors (Lipinski definition) is 1. The molecule has 4 rings (SSSR count). The van der Waals surface area contributed by atoms with Crippen molar-refractivity contribution in [2.45, 2.75) is 38.1 Å². The van der Waals surface area contributed by atoms with Crippen LogP contribution in [0.25, 0.3) is 0 Å². The van der Waals surface area contributed by atoms with Crippen LogP contribution in [0, 0.1) is 0 Å². The van der Waals surface area contributed by atoms with Crippen molar-refractivity contribution < 1.29 is 4.79 Å². The van der Waals surface area contributed by atoms with Gasteiger partial charge < -0.3 is 4.90 Å². The van der Waals surface area contributed by atoms with Gasteiger partial charge in [0, 0.05) is 17.6 Å². The number of nitrogens with one attached hydrogen (secondary N) is 1. The van der Waals surface area contributed by atoms with Crippen LogP contribution in [0.5, 0.6) is 0 Å². The second-order valence-electron chi connectivity index (χ2n) is 5.68. The number of benzene rings is 1. The number of aromatic nitrogens is 3. The zero-order valence-corrected chi connectivity index (χ0v) is 11.3. The standard InChI is InChI=1S/C15H16N4O/c1-9-8-11-4-2-3-5-12(11)19(9)15(20)14-16-13(17-18-14)10-6-7-10/h2-5,9-10H,6-8H2,1H3,(H,16,17,18)/t9-/m0/s1. The number of aromatic amines is 1. The van der Waals surface area contributed by atoms with Crippen molar-refractivity contribution in [1.82, 2.24) is 15.2 Å². The zero-order chi connectivity index (χ0) is 13.7. The SMILES string of the molecule is C[C@H]1Cc2ccccc2N1C(=O)c1n[nH]c(C2CC2)n1. The molecule has 1 amide bonds. The highest BCUT2D eigenvalue weighted by molar-refractivity contribution is 6.05. The van der Waals surface area contributed by atoms with Gasteiger partial charge in [-0.15, -0.1) is 5.10 Å². The van der Waals surface area contributed by atoms with E-state index in [4.69, 9.17) is 0 Å². The van der Waals surface area contributed by atoms with Crippen LogP contribution in [0.4, 0.5) is 5.69 Å². The molecule has 1 aliphatic carbocycles. The number of fused-ring (bicyclic) bond motifs is 1. The molecule has 5 nitrogen and oxygen atoms in total. The third-order valence-corrected chi connectivity index (χ3v) is 4.08.